The van der Waals surface area contributed by atoms with Crippen molar-refractivity contribution in [2.45, 2.75) is 32.7 Å². The van der Waals surface area contributed by atoms with Gasteiger partial charge in [0.25, 0.3) is 0 Å². The number of likely N-dealkylation sites (tertiary alicyclic amines) is 1. The Morgan fingerprint density at radius 3 is 2.52 bits per heavy atom. The molecule has 0 bridgehead atoms. The standard InChI is InChI=1S/C18H25N3O2/c1-18(16(22)21-11-5-10-19-17(21)23)8-12-20(13-9-18)14-15-6-3-2-4-7-15/h2-4,6-7H,5,8-14H2,1H3,(H,19,23). The zero-order valence-corrected chi connectivity index (χ0v) is 13.8. The van der Waals surface area contributed by atoms with E-state index in [4.69, 9.17) is 0 Å². The minimum absolute atomic E-state index is 0.00550. The first kappa shape index (κ1) is 16.0. The molecule has 0 unspecified atom stereocenters. The van der Waals surface area contributed by atoms with Crippen molar-refractivity contribution < 1.29 is 9.59 Å². The molecular weight excluding hydrogens is 290 g/mol. The van der Waals surface area contributed by atoms with Crippen molar-refractivity contribution >= 4 is 11.9 Å². The largest absolute Gasteiger partial charge is 0.338 e. The maximum atomic E-state index is 12.8. The Balaban J connectivity index is 1.58. The third-order valence-electron chi connectivity index (χ3n) is 5.05. The highest BCUT2D eigenvalue weighted by Gasteiger charge is 2.41. The lowest BCUT2D eigenvalue weighted by atomic mass is 9.78. The Labute approximate surface area is 137 Å². The average Bonchev–Trinajstić information content (AvgIpc) is 2.58. The lowest BCUT2D eigenvalue weighted by molar-refractivity contribution is -0.141. The molecule has 0 spiro atoms. The number of hydrogen-bond donors (Lipinski definition) is 1. The van der Waals surface area contributed by atoms with Crippen LogP contribution in [0.25, 0.3) is 0 Å². The minimum Gasteiger partial charge on any atom is -0.338 e. The van der Waals surface area contributed by atoms with Gasteiger partial charge < -0.3 is 5.32 Å². The predicted molar refractivity (Wildman–Crippen MR) is 88.8 cm³/mol. The maximum Gasteiger partial charge on any atom is 0.324 e. The van der Waals surface area contributed by atoms with Crippen LogP contribution in [0.15, 0.2) is 30.3 Å². The van der Waals surface area contributed by atoms with Crippen molar-refractivity contribution in [1.29, 1.82) is 0 Å². The number of carbonyl (C=O) groups is 2. The number of rotatable bonds is 3. The molecular formula is C18H25N3O2. The van der Waals surface area contributed by atoms with E-state index in [-0.39, 0.29) is 11.9 Å². The molecule has 0 atom stereocenters. The van der Waals surface area contributed by atoms with Gasteiger partial charge in [0.2, 0.25) is 5.91 Å². The third kappa shape index (κ3) is 3.55. The molecule has 2 fully saturated rings. The number of amides is 3. The summed E-state index contributed by atoms with van der Waals surface area (Å²) in [5.41, 5.74) is 0.889. The molecule has 1 N–H and O–H groups in total. The minimum atomic E-state index is -0.415. The zero-order valence-electron chi connectivity index (χ0n) is 13.8. The summed E-state index contributed by atoms with van der Waals surface area (Å²) in [4.78, 5) is 28.5. The molecule has 5 heteroatoms. The molecule has 1 aromatic carbocycles. The van der Waals surface area contributed by atoms with Crippen LogP contribution in [0.2, 0.25) is 0 Å². The third-order valence-corrected chi connectivity index (χ3v) is 5.05. The van der Waals surface area contributed by atoms with Gasteiger partial charge in [0.05, 0.1) is 0 Å². The fourth-order valence-electron chi connectivity index (χ4n) is 3.41. The summed E-state index contributed by atoms with van der Waals surface area (Å²) in [5, 5.41) is 2.77. The quantitative estimate of drug-likeness (QED) is 0.930. The lowest BCUT2D eigenvalue weighted by Gasteiger charge is -2.41. The second-order valence-corrected chi connectivity index (χ2v) is 6.86. The Hall–Kier alpha value is -1.88. The van der Waals surface area contributed by atoms with E-state index >= 15 is 0 Å². The first-order chi connectivity index (χ1) is 11.1. The SMILES string of the molecule is CC1(C(=O)N2CCCNC2=O)CCN(Cc2ccccc2)CC1. The number of hydrogen-bond acceptors (Lipinski definition) is 3. The molecule has 2 heterocycles. The summed E-state index contributed by atoms with van der Waals surface area (Å²) in [5.74, 6) is -0.00550. The van der Waals surface area contributed by atoms with Crippen molar-refractivity contribution in [3.8, 4) is 0 Å². The molecule has 3 rings (SSSR count). The molecule has 0 aliphatic carbocycles. The van der Waals surface area contributed by atoms with Crippen molar-refractivity contribution in [2.75, 3.05) is 26.2 Å². The van der Waals surface area contributed by atoms with Gasteiger partial charge in [0.1, 0.15) is 0 Å². The average molecular weight is 315 g/mol. The number of urea groups is 1. The fraction of sp³-hybridized carbons (Fsp3) is 0.556. The molecule has 0 aromatic heterocycles. The van der Waals surface area contributed by atoms with Gasteiger partial charge in [0, 0.05) is 25.0 Å². The number of benzene rings is 1. The van der Waals surface area contributed by atoms with Crippen molar-refractivity contribution in [1.82, 2.24) is 15.1 Å². The molecule has 3 amide bonds. The highest BCUT2D eigenvalue weighted by Crippen LogP contribution is 2.34. The van der Waals surface area contributed by atoms with Gasteiger partial charge >= 0.3 is 6.03 Å². The Bertz CT molecular complexity index is 565. The molecule has 124 valence electrons. The van der Waals surface area contributed by atoms with Gasteiger partial charge in [-0.25, -0.2) is 4.79 Å². The second-order valence-electron chi connectivity index (χ2n) is 6.86. The van der Waals surface area contributed by atoms with E-state index in [0.717, 1.165) is 38.9 Å². The lowest BCUT2D eigenvalue weighted by Crippen LogP contribution is -2.55. The first-order valence-electron chi connectivity index (χ1n) is 8.45. The van der Waals surface area contributed by atoms with Crippen LogP contribution in [-0.2, 0) is 11.3 Å². The zero-order chi connectivity index (χ0) is 16.3. The molecule has 2 saturated heterocycles. The Kier molecular flexibility index (Phi) is 4.66. The van der Waals surface area contributed by atoms with Gasteiger partial charge in [-0.2, -0.15) is 0 Å². The van der Waals surface area contributed by atoms with Gasteiger partial charge in [0.15, 0.2) is 0 Å². The molecule has 0 saturated carbocycles. The van der Waals surface area contributed by atoms with E-state index in [2.05, 4.69) is 34.5 Å². The van der Waals surface area contributed by atoms with Crippen LogP contribution in [0.5, 0.6) is 0 Å². The van der Waals surface area contributed by atoms with Crippen LogP contribution < -0.4 is 5.32 Å². The monoisotopic (exact) mass is 315 g/mol. The van der Waals surface area contributed by atoms with Crippen LogP contribution >= 0.6 is 0 Å². The topological polar surface area (TPSA) is 52.7 Å². The van der Waals surface area contributed by atoms with Crippen molar-refractivity contribution in [3.63, 3.8) is 0 Å². The van der Waals surface area contributed by atoms with Crippen LogP contribution in [0.3, 0.4) is 0 Å². The van der Waals surface area contributed by atoms with E-state index in [1.807, 2.05) is 13.0 Å². The summed E-state index contributed by atoms with van der Waals surface area (Å²) >= 11 is 0. The van der Waals surface area contributed by atoms with Crippen LogP contribution in [-0.4, -0.2) is 47.9 Å². The molecule has 2 aliphatic rings. The van der Waals surface area contributed by atoms with Gasteiger partial charge in [-0.05, 0) is 37.9 Å². The van der Waals surface area contributed by atoms with Crippen LogP contribution in [0, 0.1) is 5.41 Å². The summed E-state index contributed by atoms with van der Waals surface area (Å²) < 4.78 is 0. The Morgan fingerprint density at radius 1 is 1.17 bits per heavy atom. The van der Waals surface area contributed by atoms with E-state index in [9.17, 15) is 9.59 Å². The van der Waals surface area contributed by atoms with E-state index in [1.165, 1.54) is 10.5 Å². The number of nitrogens with zero attached hydrogens (tertiary/aromatic N) is 2. The van der Waals surface area contributed by atoms with E-state index in [1.54, 1.807) is 0 Å². The predicted octanol–water partition coefficient (Wildman–Crippen LogP) is 2.23. The second kappa shape index (κ2) is 6.71. The fourth-order valence-corrected chi connectivity index (χ4v) is 3.41. The van der Waals surface area contributed by atoms with Crippen molar-refractivity contribution in [2.24, 2.45) is 5.41 Å². The first-order valence-corrected chi connectivity index (χ1v) is 8.45. The number of imide groups is 1. The summed E-state index contributed by atoms with van der Waals surface area (Å²) in [7, 11) is 0. The van der Waals surface area contributed by atoms with Crippen LogP contribution in [0.4, 0.5) is 4.79 Å². The van der Waals surface area contributed by atoms with Crippen molar-refractivity contribution in [3.05, 3.63) is 35.9 Å². The summed E-state index contributed by atoms with van der Waals surface area (Å²) in [6.07, 6.45) is 2.46. The normalized spacial score (nSPS) is 21.8. The van der Waals surface area contributed by atoms with Gasteiger partial charge in [-0.3, -0.25) is 14.6 Å². The summed E-state index contributed by atoms with van der Waals surface area (Å²) in [6.45, 7) is 5.95. The highest BCUT2D eigenvalue weighted by molar-refractivity contribution is 5.97. The number of carbonyl (C=O) groups excluding carboxylic acids is 2. The smallest absolute Gasteiger partial charge is 0.324 e. The molecule has 2 aliphatic heterocycles. The summed E-state index contributed by atoms with van der Waals surface area (Å²) in [6, 6.07) is 10.2. The number of piperidine rings is 1. The van der Waals surface area contributed by atoms with E-state index < -0.39 is 5.41 Å². The maximum absolute atomic E-state index is 12.8. The van der Waals surface area contributed by atoms with E-state index in [0.29, 0.717) is 13.1 Å². The van der Waals surface area contributed by atoms with Crippen LogP contribution in [0.1, 0.15) is 31.7 Å². The van der Waals surface area contributed by atoms with Gasteiger partial charge in [-0.1, -0.05) is 37.3 Å². The molecule has 0 radical (unpaired) electrons. The Morgan fingerprint density at radius 2 is 1.87 bits per heavy atom. The molecule has 23 heavy (non-hydrogen) atoms. The number of nitrogens with one attached hydrogen (secondary N) is 1. The highest BCUT2D eigenvalue weighted by atomic mass is 16.2. The molecule has 5 nitrogen and oxygen atoms in total. The molecule has 1 aromatic rings. The van der Waals surface area contributed by atoms with Gasteiger partial charge in [-0.15, -0.1) is 0 Å².